The van der Waals surface area contributed by atoms with E-state index < -0.39 is 0 Å². The Hall–Kier alpha value is -2.68. The predicted octanol–water partition coefficient (Wildman–Crippen LogP) is 5.06. The van der Waals surface area contributed by atoms with Gasteiger partial charge in [0.2, 0.25) is 5.91 Å². The molecule has 1 aliphatic rings. The van der Waals surface area contributed by atoms with Crippen molar-refractivity contribution < 1.29 is 9.59 Å². The van der Waals surface area contributed by atoms with Gasteiger partial charge >= 0.3 is 0 Å². The highest BCUT2D eigenvalue weighted by atomic mass is 32.2. The molecule has 4 rings (SSSR count). The molecule has 0 spiro atoms. The van der Waals surface area contributed by atoms with Gasteiger partial charge in [0.25, 0.3) is 5.91 Å². The van der Waals surface area contributed by atoms with E-state index in [0.29, 0.717) is 29.7 Å². The van der Waals surface area contributed by atoms with E-state index in [1.807, 2.05) is 24.3 Å². The molecule has 0 bridgehead atoms. The summed E-state index contributed by atoms with van der Waals surface area (Å²) in [5, 5.41) is 5.85. The predicted molar refractivity (Wildman–Crippen MR) is 139 cm³/mol. The number of hydrogen-bond donors (Lipinski definition) is 1. The number of hydrogen-bond acceptors (Lipinski definition) is 6. The molecule has 0 saturated heterocycles. The van der Waals surface area contributed by atoms with Gasteiger partial charge in [0, 0.05) is 54.6 Å². The fraction of sp³-hybridized carbons (Fsp3) is 0.346. The molecule has 3 aromatic rings. The van der Waals surface area contributed by atoms with Crippen molar-refractivity contribution in [2.45, 2.75) is 49.2 Å². The number of carbonyl (C=O) groups excluding carboxylic acids is 2. The van der Waals surface area contributed by atoms with Crippen molar-refractivity contribution in [2.24, 2.45) is 0 Å². The Balaban J connectivity index is 1.36. The number of para-hydroxylation sites is 1. The molecule has 1 atom stereocenters. The number of nitrogens with one attached hydrogen (secondary N) is 1. The van der Waals surface area contributed by atoms with E-state index in [0.717, 1.165) is 30.1 Å². The molecule has 2 amide bonds. The molecule has 6 nitrogen and oxygen atoms in total. The van der Waals surface area contributed by atoms with Crippen LogP contribution >= 0.6 is 23.1 Å². The third-order valence-corrected chi connectivity index (χ3v) is 7.99. The van der Waals surface area contributed by atoms with Crippen LogP contribution in [0.5, 0.6) is 0 Å². The van der Waals surface area contributed by atoms with Crippen molar-refractivity contribution in [3.05, 3.63) is 70.5 Å². The van der Waals surface area contributed by atoms with Crippen molar-refractivity contribution >= 4 is 40.6 Å². The first-order valence-corrected chi connectivity index (χ1v) is 13.3. The van der Waals surface area contributed by atoms with Crippen molar-refractivity contribution in [3.63, 3.8) is 0 Å². The Morgan fingerprint density at radius 1 is 1.18 bits per heavy atom. The van der Waals surface area contributed by atoms with Crippen LogP contribution in [0.1, 0.15) is 41.9 Å². The molecular weight excluding hydrogens is 464 g/mol. The van der Waals surface area contributed by atoms with Gasteiger partial charge in [-0.1, -0.05) is 36.9 Å². The summed E-state index contributed by atoms with van der Waals surface area (Å²) in [5.41, 5.74) is 1.39. The third-order valence-electron chi connectivity index (χ3n) is 6.05. The summed E-state index contributed by atoms with van der Waals surface area (Å²) in [4.78, 5) is 36.8. The van der Waals surface area contributed by atoms with Crippen LogP contribution in [0.4, 0.5) is 5.69 Å². The first-order chi connectivity index (χ1) is 16.6. The Morgan fingerprint density at radius 3 is 2.82 bits per heavy atom. The second kappa shape index (κ2) is 11.6. The summed E-state index contributed by atoms with van der Waals surface area (Å²) in [5.74, 6) is -0.166. The van der Waals surface area contributed by atoms with Gasteiger partial charge in [-0.05, 0) is 49.1 Å². The summed E-state index contributed by atoms with van der Waals surface area (Å²) in [6.07, 6.45) is 3.00. The Bertz CT molecular complexity index is 1120. The van der Waals surface area contributed by atoms with Crippen molar-refractivity contribution in [3.8, 4) is 0 Å². The number of pyridine rings is 1. The molecule has 1 aliphatic heterocycles. The first-order valence-electron chi connectivity index (χ1n) is 11.6. The number of nitrogens with zero attached hydrogens (tertiary/aromatic N) is 3. The Morgan fingerprint density at radius 2 is 2.03 bits per heavy atom. The lowest BCUT2D eigenvalue weighted by Gasteiger charge is -2.28. The molecule has 0 radical (unpaired) electrons. The molecule has 0 unspecified atom stereocenters. The largest absolute Gasteiger partial charge is 0.355 e. The second-order valence-corrected chi connectivity index (χ2v) is 10.4. The molecule has 8 heteroatoms. The van der Waals surface area contributed by atoms with Crippen LogP contribution < -0.4 is 10.2 Å². The normalized spacial score (nSPS) is 13.9. The summed E-state index contributed by atoms with van der Waals surface area (Å²) in [6, 6.07) is 16.0. The topological polar surface area (TPSA) is 65.5 Å². The maximum absolute atomic E-state index is 13.3. The van der Waals surface area contributed by atoms with Crippen molar-refractivity contribution in [2.75, 3.05) is 24.5 Å². The summed E-state index contributed by atoms with van der Waals surface area (Å²) in [6.45, 7) is 7.00. The van der Waals surface area contributed by atoms with Gasteiger partial charge in [0.1, 0.15) is 5.03 Å². The van der Waals surface area contributed by atoms with Gasteiger partial charge in [-0.15, -0.1) is 11.3 Å². The Kier molecular flexibility index (Phi) is 8.37. The number of fused-ring (bicyclic) bond motifs is 2. The average Bonchev–Trinajstić information content (AvgIpc) is 3.33. The molecule has 1 aromatic carbocycles. The number of benzene rings is 1. The van der Waals surface area contributed by atoms with Gasteiger partial charge in [-0.3, -0.25) is 14.5 Å². The Labute approximate surface area is 209 Å². The number of carbonyl (C=O) groups is 2. The van der Waals surface area contributed by atoms with Gasteiger partial charge < -0.3 is 10.2 Å². The summed E-state index contributed by atoms with van der Waals surface area (Å²) in [7, 11) is 0. The molecular formula is C26H30N4O2S2. The SMILES string of the molecule is CC[C@@H](C)N(CCNC(=O)CCN1C(=O)c2cccnc2Sc2ccccc21)Cc1cccs1. The van der Waals surface area contributed by atoms with E-state index in [1.165, 1.54) is 16.6 Å². The maximum Gasteiger partial charge on any atom is 0.261 e. The quantitative estimate of drug-likeness (QED) is 0.427. The van der Waals surface area contributed by atoms with Crippen LogP contribution in [0.2, 0.25) is 0 Å². The molecule has 0 aliphatic carbocycles. The molecule has 34 heavy (non-hydrogen) atoms. The smallest absolute Gasteiger partial charge is 0.261 e. The number of thiophene rings is 1. The standard InChI is InChI=1S/C26H30N4O2S2/c1-3-19(2)29(18-20-8-7-17-33-20)16-14-27-24(31)12-15-30-22-10-4-5-11-23(22)34-25-21(26(30)32)9-6-13-28-25/h4-11,13,17,19H,3,12,14-16,18H2,1-2H3,(H,27,31)/t19-/m1/s1. The highest BCUT2D eigenvalue weighted by Crippen LogP contribution is 2.40. The van der Waals surface area contributed by atoms with E-state index in [4.69, 9.17) is 0 Å². The molecule has 178 valence electrons. The zero-order valence-electron chi connectivity index (χ0n) is 19.6. The van der Waals surface area contributed by atoms with Crippen LogP contribution in [0.3, 0.4) is 0 Å². The van der Waals surface area contributed by atoms with Crippen LogP contribution in [-0.4, -0.2) is 47.4 Å². The first kappa shape index (κ1) is 24.4. The molecule has 0 fully saturated rings. The van der Waals surface area contributed by atoms with Crippen molar-refractivity contribution in [1.29, 1.82) is 0 Å². The molecule has 3 heterocycles. The zero-order chi connectivity index (χ0) is 23.9. The van der Waals surface area contributed by atoms with Gasteiger partial charge in [0.15, 0.2) is 0 Å². The van der Waals surface area contributed by atoms with Gasteiger partial charge in [-0.25, -0.2) is 4.98 Å². The van der Waals surface area contributed by atoms with E-state index >= 15 is 0 Å². The third kappa shape index (κ3) is 5.87. The van der Waals surface area contributed by atoms with Gasteiger partial charge in [0.05, 0.1) is 11.3 Å². The summed E-state index contributed by atoms with van der Waals surface area (Å²) < 4.78 is 0. The second-order valence-electron chi connectivity index (χ2n) is 8.29. The fourth-order valence-electron chi connectivity index (χ4n) is 3.94. The highest BCUT2D eigenvalue weighted by Gasteiger charge is 2.28. The van der Waals surface area contributed by atoms with E-state index in [2.05, 4.69) is 46.6 Å². The number of amides is 2. The van der Waals surface area contributed by atoms with Gasteiger partial charge in [-0.2, -0.15) is 0 Å². The number of rotatable bonds is 10. The molecule has 1 N–H and O–H groups in total. The highest BCUT2D eigenvalue weighted by molar-refractivity contribution is 7.99. The minimum Gasteiger partial charge on any atom is -0.355 e. The monoisotopic (exact) mass is 494 g/mol. The minimum atomic E-state index is -0.118. The van der Waals surface area contributed by atoms with E-state index in [9.17, 15) is 9.59 Å². The average molecular weight is 495 g/mol. The molecule has 0 saturated carbocycles. The zero-order valence-corrected chi connectivity index (χ0v) is 21.2. The van der Waals surface area contributed by atoms with E-state index in [1.54, 1.807) is 34.6 Å². The summed E-state index contributed by atoms with van der Waals surface area (Å²) >= 11 is 3.25. The fourth-order valence-corrected chi connectivity index (χ4v) is 5.69. The van der Waals surface area contributed by atoms with Crippen LogP contribution in [0, 0.1) is 0 Å². The number of aromatic nitrogens is 1. The molecule has 2 aromatic heterocycles. The lowest BCUT2D eigenvalue weighted by atomic mass is 10.2. The lowest BCUT2D eigenvalue weighted by Crippen LogP contribution is -2.40. The van der Waals surface area contributed by atoms with Crippen LogP contribution in [-0.2, 0) is 11.3 Å². The maximum atomic E-state index is 13.3. The van der Waals surface area contributed by atoms with Crippen LogP contribution in [0.25, 0.3) is 0 Å². The number of anilines is 1. The lowest BCUT2D eigenvalue weighted by molar-refractivity contribution is -0.120. The van der Waals surface area contributed by atoms with Crippen LogP contribution in [0.15, 0.2) is 70.0 Å². The minimum absolute atomic E-state index is 0.0474. The van der Waals surface area contributed by atoms with Crippen molar-refractivity contribution in [1.82, 2.24) is 15.2 Å². The van der Waals surface area contributed by atoms with E-state index in [-0.39, 0.29) is 18.2 Å².